The minimum Gasteiger partial charge on any atom is -0.204 e. The molecule has 10 heavy (non-hydrogen) atoms. The molecule has 0 amide bonds. The fourth-order valence-corrected chi connectivity index (χ4v) is 2.56. The molecule has 0 bridgehead atoms. The van der Waals surface area contributed by atoms with E-state index in [0.717, 1.165) is 15.0 Å². The van der Waals surface area contributed by atoms with Crippen LogP contribution in [0.1, 0.15) is 0 Å². The molecule has 3 heteroatoms. The van der Waals surface area contributed by atoms with E-state index >= 15 is 0 Å². The Hall–Kier alpha value is 0.270. The van der Waals surface area contributed by atoms with Gasteiger partial charge in [-0.15, -0.1) is 25.8 Å². The maximum atomic E-state index is 4.95. The number of hydrogen-bond donors (Lipinski definition) is 2. The SMILES string of the molecule is C=CC[SH](CC=C)C(=S)S. The van der Waals surface area contributed by atoms with E-state index in [4.69, 9.17) is 12.2 Å². The number of thiocarbonyl (C=S) groups is 1. The van der Waals surface area contributed by atoms with Crippen LogP contribution in [0.5, 0.6) is 0 Å². The zero-order valence-corrected chi connectivity index (χ0v) is 8.39. The first kappa shape index (κ1) is 10.3. The number of thiol groups is 2. The second kappa shape index (κ2) is 6.01. The zero-order valence-electron chi connectivity index (χ0n) is 5.79. The topological polar surface area (TPSA) is 0 Å². The fraction of sp³-hybridized carbons (Fsp3) is 0.286. The molecule has 0 aliphatic heterocycles. The summed E-state index contributed by atoms with van der Waals surface area (Å²) in [5, 5.41) is 0. The average molecular weight is 192 g/mol. The summed E-state index contributed by atoms with van der Waals surface area (Å²) < 4.78 is 0.815. The van der Waals surface area contributed by atoms with Crippen molar-refractivity contribution in [3.05, 3.63) is 25.3 Å². The molecule has 0 heterocycles. The van der Waals surface area contributed by atoms with Gasteiger partial charge in [0.2, 0.25) is 0 Å². The van der Waals surface area contributed by atoms with Crippen molar-refractivity contribution in [1.29, 1.82) is 0 Å². The Morgan fingerprint density at radius 3 is 2.00 bits per heavy atom. The lowest BCUT2D eigenvalue weighted by atomic mass is 10.8. The molecule has 0 nitrogen and oxygen atoms in total. The highest BCUT2D eigenvalue weighted by atomic mass is 32.3. The van der Waals surface area contributed by atoms with Crippen molar-refractivity contribution in [2.45, 2.75) is 0 Å². The van der Waals surface area contributed by atoms with E-state index in [1.54, 1.807) is 0 Å². The Bertz CT molecular complexity index is 130. The monoisotopic (exact) mass is 192 g/mol. The van der Waals surface area contributed by atoms with Crippen LogP contribution in [0.3, 0.4) is 0 Å². The molecule has 0 aromatic heterocycles. The zero-order chi connectivity index (χ0) is 7.98. The highest BCUT2D eigenvalue weighted by Gasteiger charge is 2.00. The molecule has 0 spiro atoms. The van der Waals surface area contributed by atoms with E-state index in [2.05, 4.69) is 25.8 Å². The van der Waals surface area contributed by atoms with Gasteiger partial charge in [0.25, 0.3) is 0 Å². The lowest BCUT2D eigenvalue weighted by Gasteiger charge is -2.14. The predicted molar refractivity (Wildman–Crippen MR) is 60.7 cm³/mol. The lowest BCUT2D eigenvalue weighted by molar-refractivity contribution is 1.73. The second-order valence-electron chi connectivity index (χ2n) is 1.76. The molecule has 0 atom stereocenters. The van der Waals surface area contributed by atoms with E-state index < -0.39 is 0 Å². The Balaban J connectivity index is 3.83. The van der Waals surface area contributed by atoms with Gasteiger partial charge in [0.1, 0.15) is 0 Å². The molecule has 0 aromatic carbocycles. The van der Waals surface area contributed by atoms with Crippen LogP contribution in [-0.2, 0) is 0 Å². The number of rotatable bonds is 4. The van der Waals surface area contributed by atoms with Gasteiger partial charge in [-0.05, 0) is 11.5 Å². The summed E-state index contributed by atoms with van der Waals surface area (Å²) in [6, 6.07) is 0. The molecule has 0 saturated heterocycles. The summed E-state index contributed by atoms with van der Waals surface area (Å²) in [7, 11) is -0.260. The van der Waals surface area contributed by atoms with Crippen molar-refractivity contribution in [3.63, 3.8) is 0 Å². The van der Waals surface area contributed by atoms with Gasteiger partial charge in [0, 0.05) is 0 Å². The van der Waals surface area contributed by atoms with Gasteiger partial charge < -0.3 is 0 Å². The molecular formula is C7H12S3. The summed E-state index contributed by atoms with van der Waals surface area (Å²) >= 11 is 9.07. The molecule has 0 unspecified atom stereocenters. The summed E-state index contributed by atoms with van der Waals surface area (Å²) in [6.45, 7) is 7.31. The van der Waals surface area contributed by atoms with Crippen LogP contribution < -0.4 is 0 Å². The minimum atomic E-state index is -0.260. The van der Waals surface area contributed by atoms with Crippen LogP contribution in [0, 0.1) is 0 Å². The van der Waals surface area contributed by atoms with Gasteiger partial charge >= 0.3 is 0 Å². The van der Waals surface area contributed by atoms with Crippen LogP contribution in [0.4, 0.5) is 0 Å². The fourth-order valence-electron chi connectivity index (χ4n) is 0.542. The van der Waals surface area contributed by atoms with Crippen molar-refractivity contribution in [2.24, 2.45) is 0 Å². The third kappa shape index (κ3) is 4.14. The largest absolute Gasteiger partial charge is 0.204 e. The Morgan fingerprint density at radius 2 is 1.80 bits per heavy atom. The quantitative estimate of drug-likeness (QED) is 0.392. The van der Waals surface area contributed by atoms with Crippen molar-refractivity contribution >= 4 is 39.3 Å². The summed E-state index contributed by atoms with van der Waals surface area (Å²) in [4.78, 5) is 0. The maximum Gasteiger partial charge on any atom is 0.0816 e. The first-order chi connectivity index (χ1) is 4.72. The first-order valence-electron chi connectivity index (χ1n) is 2.92. The average Bonchev–Trinajstić information content (AvgIpc) is 1.87. The van der Waals surface area contributed by atoms with E-state index in [0.29, 0.717) is 0 Å². The van der Waals surface area contributed by atoms with Crippen LogP contribution >= 0.6 is 35.7 Å². The Morgan fingerprint density at radius 1 is 1.40 bits per heavy atom. The Labute approximate surface area is 76.2 Å². The van der Waals surface area contributed by atoms with Gasteiger partial charge in [-0.1, -0.05) is 24.4 Å². The van der Waals surface area contributed by atoms with Crippen LogP contribution in [-0.4, -0.2) is 15.0 Å². The third-order valence-corrected chi connectivity index (χ3v) is 4.53. The van der Waals surface area contributed by atoms with E-state index in [1.165, 1.54) is 0 Å². The van der Waals surface area contributed by atoms with Gasteiger partial charge in [0.05, 0.1) is 3.53 Å². The highest BCUT2D eigenvalue weighted by Crippen LogP contribution is 2.28. The lowest BCUT2D eigenvalue weighted by Crippen LogP contribution is -1.94. The second-order valence-corrected chi connectivity index (χ2v) is 5.84. The van der Waals surface area contributed by atoms with E-state index in [9.17, 15) is 0 Å². The standard InChI is InChI=1S/C7H12S3/c1-3-5-10(6-4-2)7(8)9/h3-4,10H,1-2,5-6H2,(H,8,9). The number of hydrogen-bond acceptors (Lipinski definition) is 1. The van der Waals surface area contributed by atoms with Crippen LogP contribution in [0.15, 0.2) is 25.3 Å². The molecule has 0 fully saturated rings. The van der Waals surface area contributed by atoms with Crippen molar-refractivity contribution in [3.8, 4) is 0 Å². The summed E-state index contributed by atoms with van der Waals surface area (Å²) in [6.07, 6.45) is 3.77. The molecule has 0 rings (SSSR count). The van der Waals surface area contributed by atoms with Gasteiger partial charge in [-0.25, -0.2) is 10.9 Å². The molecule has 0 N–H and O–H groups in total. The first-order valence-corrected chi connectivity index (χ1v) is 5.48. The molecule has 58 valence electrons. The summed E-state index contributed by atoms with van der Waals surface area (Å²) in [5.41, 5.74) is 0. The summed E-state index contributed by atoms with van der Waals surface area (Å²) in [5.74, 6) is 1.92. The molecule has 0 aromatic rings. The molecule has 0 radical (unpaired) electrons. The molecule has 0 aliphatic carbocycles. The van der Waals surface area contributed by atoms with Gasteiger partial charge in [-0.2, -0.15) is 0 Å². The van der Waals surface area contributed by atoms with Crippen molar-refractivity contribution in [1.82, 2.24) is 0 Å². The van der Waals surface area contributed by atoms with Gasteiger partial charge in [0.15, 0.2) is 0 Å². The van der Waals surface area contributed by atoms with E-state index in [1.807, 2.05) is 12.2 Å². The van der Waals surface area contributed by atoms with Crippen LogP contribution in [0.2, 0.25) is 0 Å². The third-order valence-electron chi connectivity index (χ3n) is 0.969. The smallest absolute Gasteiger partial charge is 0.0816 e. The van der Waals surface area contributed by atoms with Crippen LogP contribution in [0.25, 0.3) is 0 Å². The molecule has 0 aliphatic rings. The van der Waals surface area contributed by atoms with Crippen molar-refractivity contribution < 1.29 is 0 Å². The van der Waals surface area contributed by atoms with Gasteiger partial charge in [-0.3, -0.25) is 0 Å². The Kier molecular flexibility index (Phi) is 6.17. The van der Waals surface area contributed by atoms with Crippen molar-refractivity contribution in [2.75, 3.05) is 11.5 Å². The predicted octanol–water partition coefficient (Wildman–Crippen LogP) is 2.57. The maximum absolute atomic E-state index is 4.95. The molecule has 0 saturated carbocycles. The molecular weight excluding hydrogens is 180 g/mol. The normalized spacial score (nSPS) is 10.3. The minimum absolute atomic E-state index is 0.260. The highest BCUT2D eigenvalue weighted by molar-refractivity contribution is 8.50. The van der Waals surface area contributed by atoms with E-state index in [-0.39, 0.29) is 10.9 Å².